The minimum absolute atomic E-state index is 0.326. The zero-order chi connectivity index (χ0) is 12.7. The summed E-state index contributed by atoms with van der Waals surface area (Å²) in [6, 6.07) is 0. The van der Waals surface area contributed by atoms with Crippen LogP contribution in [-0.2, 0) is 14.2 Å². The average Bonchev–Trinajstić information content (AvgIpc) is 2.78. The van der Waals surface area contributed by atoms with E-state index in [4.69, 9.17) is 14.2 Å². The van der Waals surface area contributed by atoms with E-state index in [-0.39, 0.29) is 6.29 Å². The Balaban J connectivity index is 2.18. The molecule has 1 N–H and O–H groups in total. The maximum Gasteiger partial charge on any atom is 0.159 e. The smallest absolute Gasteiger partial charge is 0.159 e. The summed E-state index contributed by atoms with van der Waals surface area (Å²) >= 11 is 0. The molecule has 1 heterocycles. The molecule has 0 aromatic carbocycles. The Hall–Kier alpha value is -0.160. The highest BCUT2D eigenvalue weighted by Gasteiger charge is 2.26. The van der Waals surface area contributed by atoms with Gasteiger partial charge in [-0.3, -0.25) is 0 Å². The van der Waals surface area contributed by atoms with Crippen LogP contribution in [0.5, 0.6) is 0 Å². The van der Waals surface area contributed by atoms with Gasteiger partial charge in [0.2, 0.25) is 0 Å². The van der Waals surface area contributed by atoms with Gasteiger partial charge in [-0.05, 0) is 39.0 Å². The fourth-order valence-corrected chi connectivity index (χ4v) is 2.31. The van der Waals surface area contributed by atoms with Crippen molar-refractivity contribution in [3.05, 3.63) is 0 Å². The van der Waals surface area contributed by atoms with Crippen LogP contribution in [0.1, 0.15) is 45.4 Å². The number of rotatable bonds is 8. The minimum atomic E-state index is -0.727. The largest absolute Gasteiger partial charge is 0.390 e. The van der Waals surface area contributed by atoms with Crippen LogP contribution in [0.25, 0.3) is 0 Å². The molecule has 0 spiro atoms. The fraction of sp³-hybridized carbons (Fsp3) is 1.00. The molecule has 1 fully saturated rings. The predicted octanol–water partition coefficient (Wildman–Crippen LogP) is 2.10. The summed E-state index contributed by atoms with van der Waals surface area (Å²) in [4.78, 5) is 0. The van der Waals surface area contributed by atoms with Crippen molar-refractivity contribution in [2.75, 3.05) is 20.8 Å². The van der Waals surface area contributed by atoms with E-state index in [0.717, 1.165) is 25.9 Å². The van der Waals surface area contributed by atoms with E-state index in [1.807, 2.05) is 6.92 Å². The zero-order valence-electron chi connectivity index (χ0n) is 11.3. The molecule has 0 aliphatic carbocycles. The number of ether oxygens (including phenoxy) is 3. The quantitative estimate of drug-likeness (QED) is 0.666. The van der Waals surface area contributed by atoms with Gasteiger partial charge in [0.05, 0.1) is 11.7 Å². The Morgan fingerprint density at radius 2 is 2.12 bits per heavy atom. The molecule has 4 heteroatoms. The maximum atomic E-state index is 10.2. The van der Waals surface area contributed by atoms with Crippen LogP contribution in [0.3, 0.4) is 0 Å². The Kier molecular flexibility index (Phi) is 6.41. The second kappa shape index (κ2) is 7.31. The van der Waals surface area contributed by atoms with Gasteiger partial charge in [0.25, 0.3) is 0 Å². The first kappa shape index (κ1) is 14.9. The van der Waals surface area contributed by atoms with Crippen molar-refractivity contribution in [3.63, 3.8) is 0 Å². The summed E-state index contributed by atoms with van der Waals surface area (Å²) in [5, 5.41) is 10.2. The van der Waals surface area contributed by atoms with E-state index in [1.54, 1.807) is 14.2 Å². The van der Waals surface area contributed by atoms with Crippen molar-refractivity contribution in [2.45, 2.75) is 63.4 Å². The minimum Gasteiger partial charge on any atom is -0.390 e. The summed E-state index contributed by atoms with van der Waals surface area (Å²) in [5.41, 5.74) is -0.727. The number of aliphatic hydroxyl groups is 1. The monoisotopic (exact) mass is 246 g/mol. The Morgan fingerprint density at radius 3 is 2.65 bits per heavy atom. The molecule has 0 radical (unpaired) electrons. The lowest BCUT2D eigenvalue weighted by molar-refractivity contribution is -0.141. The summed E-state index contributed by atoms with van der Waals surface area (Å²) < 4.78 is 15.8. The second-order valence-corrected chi connectivity index (χ2v) is 5.13. The molecular formula is C13H26O4. The van der Waals surface area contributed by atoms with Gasteiger partial charge in [-0.25, -0.2) is 0 Å². The second-order valence-electron chi connectivity index (χ2n) is 5.13. The van der Waals surface area contributed by atoms with Crippen LogP contribution < -0.4 is 0 Å². The topological polar surface area (TPSA) is 47.9 Å². The molecule has 1 saturated heterocycles. The fourth-order valence-electron chi connectivity index (χ4n) is 2.31. The lowest BCUT2D eigenvalue weighted by Gasteiger charge is -2.27. The van der Waals surface area contributed by atoms with Crippen LogP contribution >= 0.6 is 0 Å². The van der Waals surface area contributed by atoms with E-state index in [1.165, 1.54) is 12.8 Å². The Morgan fingerprint density at radius 1 is 1.41 bits per heavy atom. The molecule has 102 valence electrons. The van der Waals surface area contributed by atoms with Crippen molar-refractivity contribution < 1.29 is 19.3 Å². The first-order valence-corrected chi connectivity index (χ1v) is 6.47. The number of hydrogen-bond acceptors (Lipinski definition) is 4. The third kappa shape index (κ3) is 5.82. The molecule has 1 aliphatic heterocycles. The zero-order valence-corrected chi connectivity index (χ0v) is 11.3. The molecule has 2 atom stereocenters. The average molecular weight is 246 g/mol. The van der Waals surface area contributed by atoms with E-state index >= 15 is 0 Å². The lowest BCUT2D eigenvalue weighted by Crippen LogP contribution is -2.32. The van der Waals surface area contributed by atoms with Crippen LogP contribution in [0.2, 0.25) is 0 Å². The molecule has 0 aromatic heterocycles. The van der Waals surface area contributed by atoms with Gasteiger partial charge in [0.15, 0.2) is 6.29 Å². The van der Waals surface area contributed by atoms with E-state index < -0.39 is 5.60 Å². The third-order valence-corrected chi connectivity index (χ3v) is 3.40. The summed E-state index contributed by atoms with van der Waals surface area (Å²) in [6.45, 7) is 2.74. The molecule has 1 rings (SSSR count). The molecule has 0 saturated carbocycles. The Bertz CT molecular complexity index is 196. The first-order chi connectivity index (χ1) is 8.07. The summed E-state index contributed by atoms with van der Waals surface area (Å²) in [5.74, 6) is 0. The highest BCUT2D eigenvalue weighted by atomic mass is 16.7. The van der Waals surface area contributed by atoms with Gasteiger partial charge in [0.1, 0.15) is 0 Å². The Labute approximate surface area is 104 Å². The maximum absolute atomic E-state index is 10.2. The van der Waals surface area contributed by atoms with E-state index in [0.29, 0.717) is 12.5 Å². The molecule has 0 aromatic rings. The van der Waals surface area contributed by atoms with Gasteiger partial charge in [-0.1, -0.05) is 0 Å². The van der Waals surface area contributed by atoms with Crippen molar-refractivity contribution in [1.29, 1.82) is 0 Å². The van der Waals surface area contributed by atoms with Gasteiger partial charge < -0.3 is 19.3 Å². The molecule has 0 amide bonds. The van der Waals surface area contributed by atoms with Gasteiger partial charge in [-0.2, -0.15) is 0 Å². The molecule has 1 aliphatic rings. The molecular weight excluding hydrogens is 220 g/mol. The normalized spacial score (nSPS) is 24.2. The third-order valence-electron chi connectivity index (χ3n) is 3.40. The lowest BCUT2D eigenvalue weighted by atomic mass is 9.93. The van der Waals surface area contributed by atoms with E-state index in [9.17, 15) is 5.11 Å². The van der Waals surface area contributed by atoms with Crippen molar-refractivity contribution >= 4 is 0 Å². The van der Waals surface area contributed by atoms with Crippen molar-refractivity contribution in [2.24, 2.45) is 0 Å². The van der Waals surface area contributed by atoms with Crippen molar-refractivity contribution in [1.82, 2.24) is 0 Å². The molecule has 0 bridgehead atoms. The molecule has 4 nitrogen and oxygen atoms in total. The highest BCUT2D eigenvalue weighted by Crippen LogP contribution is 2.24. The van der Waals surface area contributed by atoms with Crippen LogP contribution in [-0.4, -0.2) is 43.9 Å². The van der Waals surface area contributed by atoms with Crippen LogP contribution in [0.15, 0.2) is 0 Å². The predicted molar refractivity (Wildman–Crippen MR) is 65.9 cm³/mol. The molecule has 17 heavy (non-hydrogen) atoms. The summed E-state index contributed by atoms with van der Waals surface area (Å²) in [6.07, 6.45) is 5.72. The number of hydrogen-bond donors (Lipinski definition) is 1. The molecule has 2 unspecified atom stereocenters. The van der Waals surface area contributed by atoms with Gasteiger partial charge in [0, 0.05) is 27.2 Å². The first-order valence-electron chi connectivity index (χ1n) is 6.47. The SMILES string of the molecule is COC(CC(C)(O)CCCC1CCCO1)OC. The highest BCUT2D eigenvalue weighted by molar-refractivity contribution is 4.75. The van der Waals surface area contributed by atoms with Crippen LogP contribution in [0.4, 0.5) is 0 Å². The van der Waals surface area contributed by atoms with Crippen molar-refractivity contribution in [3.8, 4) is 0 Å². The van der Waals surface area contributed by atoms with Gasteiger partial charge >= 0.3 is 0 Å². The summed E-state index contributed by atoms with van der Waals surface area (Å²) in [7, 11) is 3.19. The van der Waals surface area contributed by atoms with Gasteiger partial charge in [-0.15, -0.1) is 0 Å². The van der Waals surface area contributed by atoms with E-state index in [2.05, 4.69) is 0 Å². The standard InChI is InChI=1S/C13H26O4/c1-13(14,10-12(15-2)16-3)8-4-6-11-7-5-9-17-11/h11-12,14H,4-10H2,1-3H3. The van der Waals surface area contributed by atoms with Crippen LogP contribution in [0, 0.1) is 0 Å². The number of methoxy groups -OCH3 is 2.